The van der Waals surface area contributed by atoms with Crippen LogP contribution >= 0.6 is 0 Å². The number of hydrogen-bond donors (Lipinski definition) is 2. The molecule has 0 saturated heterocycles. The molecule has 8 nitrogen and oxygen atoms in total. The monoisotopic (exact) mass is 309 g/mol. The first kappa shape index (κ1) is 16.3. The Hall–Kier alpha value is -2.09. The molecule has 0 bridgehead atoms. The fourth-order valence-electron chi connectivity index (χ4n) is 2.23. The van der Waals surface area contributed by atoms with Crippen molar-refractivity contribution in [3.05, 3.63) is 12.0 Å². The summed E-state index contributed by atoms with van der Waals surface area (Å²) in [7, 11) is 3.15. The summed E-state index contributed by atoms with van der Waals surface area (Å²) in [6.07, 6.45) is 0.392. The summed E-state index contributed by atoms with van der Waals surface area (Å²) in [5.41, 5.74) is 0.308. The van der Waals surface area contributed by atoms with Gasteiger partial charge in [-0.15, -0.1) is 0 Å². The Morgan fingerprint density at radius 1 is 1.36 bits per heavy atom. The molecule has 122 valence electrons. The molecular weight excluding hydrogens is 286 g/mol. The maximum Gasteiger partial charge on any atom is 0.277 e. The topological polar surface area (TPSA) is 90.7 Å². The first-order valence-corrected chi connectivity index (χ1v) is 7.26. The number of aromatic nitrogens is 2. The zero-order chi connectivity index (χ0) is 16.6. The summed E-state index contributed by atoms with van der Waals surface area (Å²) in [4.78, 5) is 31.2. The Labute approximate surface area is 129 Å². The van der Waals surface area contributed by atoms with Crippen LogP contribution in [0.3, 0.4) is 0 Å². The van der Waals surface area contributed by atoms with Gasteiger partial charge in [-0.3, -0.25) is 14.5 Å². The first-order chi connectivity index (χ1) is 10.2. The summed E-state index contributed by atoms with van der Waals surface area (Å²) in [5.74, 6) is 0.170. The van der Waals surface area contributed by atoms with E-state index in [-0.39, 0.29) is 24.4 Å². The van der Waals surface area contributed by atoms with E-state index in [0.29, 0.717) is 17.4 Å². The fraction of sp³-hybridized carbons (Fsp3) is 0.643. The van der Waals surface area contributed by atoms with Crippen LogP contribution in [0.25, 0.3) is 0 Å². The second kappa shape index (κ2) is 5.96. The number of fused-ring (bicyclic) bond motifs is 1. The average molecular weight is 309 g/mol. The lowest BCUT2D eigenvalue weighted by Gasteiger charge is -2.36. The second-order valence-electron chi connectivity index (χ2n) is 6.02. The Balaban J connectivity index is 2.20. The van der Waals surface area contributed by atoms with E-state index in [9.17, 15) is 14.7 Å². The van der Waals surface area contributed by atoms with Gasteiger partial charge in [-0.05, 0) is 12.8 Å². The van der Waals surface area contributed by atoms with Gasteiger partial charge in [0.15, 0.2) is 11.5 Å². The lowest BCUT2D eigenvalue weighted by atomic mass is 10.1. The molecule has 0 spiro atoms. The molecule has 1 aromatic rings. The van der Waals surface area contributed by atoms with Gasteiger partial charge in [0.25, 0.3) is 5.91 Å². The third-order valence-corrected chi connectivity index (χ3v) is 4.07. The Kier molecular flexibility index (Phi) is 4.41. The van der Waals surface area contributed by atoms with Crippen molar-refractivity contribution < 1.29 is 14.7 Å². The third-order valence-electron chi connectivity index (χ3n) is 4.07. The molecule has 1 aliphatic heterocycles. The molecule has 2 unspecified atom stereocenters. The van der Waals surface area contributed by atoms with E-state index in [1.807, 2.05) is 20.8 Å². The largest absolute Gasteiger partial charge is 0.356 e. The van der Waals surface area contributed by atoms with Gasteiger partial charge >= 0.3 is 0 Å². The van der Waals surface area contributed by atoms with Crippen LogP contribution in [0.5, 0.6) is 0 Å². The van der Waals surface area contributed by atoms with Crippen molar-refractivity contribution in [2.45, 2.75) is 39.7 Å². The third kappa shape index (κ3) is 2.78. The van der Waals surface area contributed by atoms with Crippen LogP contribution in [0.1, 0.15) is 31.3 Å². The molecule has 2 rings (SSSR count). The predicted octanol–water partition coefficient (Wildman–Crippen LogP) is -0.158. The van der Waals surface area contributed by atoms with Gasteiger partial charge in [0.05, 0.1) is 6.33 Å². The summed E-state index contributed by atoms with van der Waals surface area (Å²) < 4.78 is 1.51. The minimum Gasteiger partial charge on any atom is -0.356 e. The maximum absolute atomic E-state index is 12.3. The van der Waals surface area contributed by atoms with Crippen LogP contribution in [0.15, 0.2) is 6.33 Å². The number of nitrogens with one attached hydrogen (secondary N) is 1. The summed E-state index contributed by atoms with van der Waals surface area (Å²) in [5, 5.41) is 12.8. The molecule has 8 heteroatoms. The van der Waals surface area contributed by atoms with Crippen molar-refractivity contribution in [2.24, 2.45) is 5.92 Å². The quantitative estimate of drug-likeness (QED) is 0.806. The second-order valence-corrected chi connectivity index (χ2v) is 6.02. The van der Waals surface area contributed by atoms with E-state index < -0.39 is 6.35 Å². The highest BCUT2D eigenvalue weighted by Crippen LogP contribution is 2.26. The first-order valence-electron chi connectivity index (χ1n) is 7.26. The molecule has 0 aliphatic carbocycles. The SMILES string of the molecule is CC(C)C(C)NC(=O)Cn1cnc2c1C(=O)N(C)C(O)N2C. The number of amides is 2. The van der Waals surface area contributed by atoms with E-state index in [2.05, 4.69) is 10.3 Å². The number of imidazole rings is 1. The molecule has 1 aromatic heterocycles. The zero-order valence-electron chi connectivity index (χ0n) is 13.6. The fourth-order valence-corrected chi connectivity index (χ4v) is 2.23. The van der Waals surface area contributed by atoms with Crippen LogP contribution < -0.4 is 10.2 Å². The maximum atomic E-state index is 12.3. The molecular formula is C14H23N5O3. The number of aliphatic hydroxyl groups excluding tert-OH is 1. The molecule has 0 saturated carbocycles. The lowest BCUT2D eigenvalue weighted by Crippen LogP contribution is -2.52. The molecule has 2 N–H and O–H groups in total. The molecule has 2 heterocycles. The highest BCUT2D eigenvalue weighted by molar-refractivity contribution is 5.99. The van der Waals surface area contributed by atoms with Crippen molar-refractivity contribution in [1.82, 2.24) is 19.8 Å². The molecule has 0 radical (unpaired) electrons. The molecule has 0 aromatic carbocycles. The number of rotatable bonds is 4. The lowest BCUT2D eigenvalue weighted by molar-refractivity contribution is -0.122. The van der Waals surface area contributed by atoms with Crippen LogP contribution in [-0.2, 0) is 11.3 Å². The van der Waals surface area contributed by atoms with Crippen molar-refractivity contribution in [3.63, 3.8) is 0 Å². The van der Waals surface area contributed by atoms with E-state index in [0.717, 1.165) is 0 Å². The van der Waals surface area contributed by atoms with Gasteiger partial charge in [0, 0.05) is 20.1 Å². The van der Waals surface area contributed by atoms with Crippen LogP contribution in [0.4, 0.5) is 5.82 Å². The molecule has 2 amide bonds. The van der Waals surface area contributed by atoms with Crippen LogP contribution in [0.2, 0.25) is 0 Å². The summed E-state index contributed by atoms with van der Waals surface area (Å²) >= 11 is 0. The van der Waals surface area contributed by atoms with Crippen molar-refractivity contribution in [1.29, 1.82) is 0 Å². The van der Waals surface area contributed by atoms with E-state index in [1.165, 1.54) is 27.7 Å². The minimum atomic E-state index is -1.06. The van der Waals surface area contributed by atoms with Gasteiger partial charge in [-0.25, -0.2) is 4.98 Å². The molecule has 1 aliphatic rings. The molecule has 0 fully saturated rings. The summed E-state index contributed by atoms with van der Waals surface area (Å²) in [6, 6.07) is 0.0507. The predicted molar refractivity (Wildman–Crippen MR) is 81.2 cm³/mol. The average Bonchev–Trinajstić information content (AvgIpc) is 2.86. The van der Waals surface area contributed by atoms with Gasteiger partial charge < -0.3 is 19.9 Å². The Bertz CT molecular complexity index is 583. The number of aliphatic hydroxyl groups is 1. The van der Waals surface area contributed by atoms with Crippen LogP contribution in [0, 0.1) is 5.92 Å². The molecule has 2 atom stereocenters. The van der Waals surface area contributed by atoms with Crippen molar-refractivity contribution in [2.75, 3.05) is 19.0 Å². The van der Waals surface area contributed by atoms with Crippen molar-refractivity contribution in [3.8, 4) is 0 Å². The number of carbonyl (C=O) groups is 2. The van der Waals surface area contributed by atoms with Gasteiger partial charge in [-0.2, -0.15) is 0 Å². The van der Waals surface area contributed by atoms with E-state index in [4.69, 9.17) is 0 Å². The minimum absolute atomic E-state index is 0.0168. The standard InChI is InChI=1S/C14H23N5O3/c1-8(2)9(3)16-10(20)6-19-7-15-12-11(19)13(21)18(5)14(22)17(12)4/h7-9,14,22H,6H2,1-5H3,(H,16,20). The molecule has 22 heavy (non-hydrogen) atoms. The van der Waals surface area contributed by atoms with Gasteiger partial charge in [0.2, 0.25) is 12.3 Å². The number of hydrogen-bond acceptors (Lipinski definition) is 5. The zero-order valence-corrected chi connectivity index (χ0v) is 13.6. The van der Waals surface area contributed by atoms with Crippen LogP contribution in [-0.4, -0.2) is 57.9 Å². The van der Waals surface area contributed by atoms with Gasteiger partial charge in [-0.1, -0.05) is 13.8 Å². The van der Waals surface area contributed by atoms with E-state index >= 15 is 0 Å². The number of anilines is 1. The van der Waals surface area contributed by atoms with Crippen molar-refractivity contribution >= 4 is 17.6 Å². The summed E-state index contributed by atoms with van der Waals surface area (Å²) in [6.45, 7) is 6.01. The van der Waals surface area contributed by atoms with Gasteiger partial charge in [0.1, 0.15) is 6.54 Å². The number of nitrogens with zero attached hydrogens (tertiary/aromatic N) is 4. The highest BCUT2D eigenvalue weighted by Gasteiger charge is 2.36. The Morgan fingerprint density at radius 2 is 2.00 bits per heavy atom. The van der Waals surface area contributed by atoms with E-state index in [1.54, 1.807) is 7.05 Å². The smallest absolute Gasteiger partial charge is 0.277 e. The normalized spacial score (nSPS) is 19.4. The Morgan fingerprint density at radius 3 is 2.59 bits per heavy atom. The number of carbonyl (C=O) groups excluding carboxylic acids is 2. The highest BCUT2D eigenvalue weighted by atomic mass is 16.3.